The lowest BCUT2D eigenvalue weighted by atomic mass is 10.1. The number of benzene rings is 1. The van der Waals surface area contributed by atoms with Gasteiger partial charge in [-0.3, -0.25) is 14.2 Å². The molecule has 0 spiro atoms. The number of rotatable bonds is 8. The van der Waals surface area contributed by atoms with Crippen LogP contribution < -0.4 is 16.2 Å². The molecule has 31 heavy (non-hydrogen) atoms. The van der Waals surface area contributed by atoms with E-state index in [2.05, 4.69) is 0 Å². The first-order valence-electron chi connectivity index (χ1n) is 10.4. The molecule has 0 fully saturated rings. The Morgan fingerprint density at radius 2 is 1.87 bits per heavy atom. The number of pyridine rings is 1. The van der Waals surface area contributed by atoms with Crippen molar-refractivity contribution in [1.29, 1.82) is 0 Å². The molecule has 0 saturated carbocycles. The molecule has 3 N–H and O–H groups in total. The zero-order valence-corrected chi connectivity index (χ0v) is 18.4. The number of carbonyl (C=O) groups excluding carboxylic acids is 1. The van der Waals surface area contributed by atoms with Crippen molar-refractivity contribution < 1.29 is 9.90 Å². The number of carbonyl (C=O) groups is 1. The van der Waals surface area contributed by atoms with Crippen LogP contribution in [-0.4, -0.2) is 38.7 Å². The van der Waals surface area contributed by atoms with Crippen LogP contribution in [0.25, 0.3) is 11.0 Å². The van der Waals surface area contributed by atoms with Gasteiger partial charge in [0, 0.05) is 24.6 Å². The Bertz CT molecular complexity index is 1140. The van der Waals surface area contributed by atoms with E-state index >= 15 is 0 Å². The summed E-state index contributed by atoms with van der Waals surface area (Å²) in [4.78, 5) is 36.2. The normalized spacial score (nSPS) is 13.2. The number of nitrogens with two attached hydrogens (primary N) is 1. The highest BCUT2D eigenvalue weighted by Gasteiger charge is 2.24. The van der Waals surface area contributed by atoms with Crippen molar-refractivity contribution in [2.45, 2.75) is 46.2 Å². The van der Waals surface area contributed by atoms with Gasteiger partial charge in [-0.15, -0.1) is 0 Å². The van der Waals surface area contributed by atoms with Gasteiger partial charge in [-0.05, 0) is 45.2 Å². The molecule has 3 aromatic rings. The fourth-order valence-electron chi connectivity index (χ4n) is 3.86. The Morgan fingerprint density at radius 3 is 2.48 bits per heavy atom. The summed E-state index contributed by atoms with van der Waals surface area (Å²) in [6, 6.07) is 10.5. The van der Waals surface area contributed by atoms with Crippen molar-refractivity contribution in [1.82, 2.24) is 14.5 Å². The van der Waals surface area contributed by atoms with Gasteiger partial charge >= 0.3 is 0 Å². The first-order chi connectivity index (χ1) is 14.8. The Morgan fingerprint density at radius 1 is 1.19 bits per heavy atom. The number of anilines is 1. The van der Waals surface area contributed by atoms with Crippen LogP contribution in [0.1, 0.15) is 49.2 Å². The molecule has 3 rings (SSSR count). The lowest BCUT2D eigenvalue weighted by molar-refractivity contribution is -0.120. The average molecular weight is 424 g/mol. The highest BCUT2D eigenvalue weighted by molar-refractivity contribution is 5.85. The third-order valence-corrected chi connectivity index (χ3v) is 5.62. The fourth-order valence-corrected chi connectivity index (χ4v) is 3.86. The summed E-state index contributed by atoms with van der Waals surface area (Å²) in [6.07, 6.45) is 0.538. The number of hydrogen-bond donors (Lipinski definition) is 2. The average Bonchev–Trinajstić information content (AvgIpc) is 2.73. The van der Waals surface area contributed by atoms with Crippen LogP contribution in [0.3, 0.4) is 0 Å². The van der Waals surface area contributed by atoms with Gasteiger partial charge in [-0.25, -0.2) is 4.98 Å². The van der Waals surface area contributed by atoms with E-state index in [0.29, 0.717) is 30.3 Å². The molecule has 0 bridgehead atoms. The number of nitrogens with zero attached hydrogens (tertiary/aromatic N) is 4. The zero-order valence-electron chi connectivity index (χ0n) is 18.4. The van der Waals surface area contributed by atoms with Gasteiger partial charge in [-0.1, -0.05) is 30.3 Å². The Kier molecular flexibility index (Phi) is 6.70. The van der Waals surface area contributed by atoms with E-state index in [1.807, 2.05) is 56.0 Å². The lowest BCUT2D eigenvalue weighted by Crippen LogP contribution is -2.34. The molecule has 0 saturated heterocycles. The highest BCUT2D eigenvalue weighted by Crippen LogP contribution is 2.28. The largest absolute Gasteiger partial charge is 0.396 e. The molecule has 0 aliphatic heterocycles. The van der Waals surface area contributed by atoms with Crippen LogP contribution in [0, 0.1) is 13.8 Å². The minimum atomic E-state index is -0.852. The Labute approximate surface area is 181 Å². The summed E-state index contributed by atoms with van der Waals surface area (Å²) in [5.74, 6) is -0.176. The maximum Gasteiger partial charge on any atom is 0.253 e. The molecule has 1 aromatic carbocycles. The van der Waals surface area contributed by atoms with Crippen LogP contribution >= 0.6 is 0 Å². The predicted molar refractivity (Wildman–Crippen MR) is 121 cm³/mol. The summed E-state index contributed by atoms with van der Waals surface area (Å²) in [7, 11) is 0. The maximum atomic E-state index is 12.8. The predicted octanol–water partition coefficient (Wildman–Crippen LogP) is 2.40. The molecule has 2 aromatic heterocycles. The quantitative estimate of drug-likeness (QED) is 0.575. The maximum absolute atomic E-state index is 12.8. The molecular formula is C23H29N5O3. The zero-order chi connectivity index (χ0) is 22.7. The molecule has 8 nitrogen and oxygen atoms in total. The number of fused-ring (bicyclic) bond motifs is 1. The topological polar surface area (TPSA) is 114 Å². The van der Waals surface area contributed by atoms with Crippen LogP contribution in [0.2, 0.25) is 0 Å². The molecular weight excluding hydrogens is 394 g/mol. The molecule has 1 unspecified atom stereocenters. The van der Waals surface area contributed by atoms with Gasteiger partial charge in [-0.2, -0.15) is 4.98 Å². The smallest absolute Gasteiger partial charge is 0.253 e. The summed E-state index contributed by atoms with van der Waals surface area (Å²) < 4.78 is 1.33. The lowest BCUT2D eigenvalue weighted by Gasteiger charge is -2.30. The van der Waals surface area contributed by atoms with Gasteiger partial charge in [0.15, 0.2) is 0 Å². The number of aliphatic hydroxyl groups excluding tert-OH is 1. The Balaban J connectivity index is 2.25. The highest BCUT2D eigenvalue weighted by atomic mass is 16.3. The summed E-state index contributed by atoms with van der Waals surface area (Å²) in [5, 5.41) is 10.2. The van der Waals surface area contributed by atoms with E-state index in [0.717, 1.165) is 16.5 Å². The number of amides is 1. The van der Waals surface area contributed by atoms with E-state index in [1.54, 1.807) is 6.92 Å². The van der Waals surface area contributed by atoms with E-state index in [4.69, 9.17) is 15.7 Å². The Hall–Kier alpha value is -3.26. The fraction of sp³-hybridized carbons (Fsp3) is 0.391. The number of primary amides is 1. The van der Waals surface area contributed by atoms with Crippen LogP contribution in [0.15, 0.2) is 41.2 Å². The standard InChI is InChI=1S/C23H29N5O3/c1-14-13-19(30)28(17(4)21(24)31)22-20(14)15(2)25-23(26-22)27(11-8-12-29)16(3)18-9-6-5-7-10-18/h5-7,9-10,13,16-17,29H,8,11-12H2,1-4H3,(H2,24,31)/t16-,17?/m0/s1. The minimum absolute atomic E-state index is 0.0348. The molecule has 0 aliphatic rings. The SMILES string of the molecule is Cc1cc(=O)n(C(C)C(N)=O)c2nc(N(CCCO)[C@@H](C)c3ccccc3)nc(C)c12. The van der Waals surface area contributed by atoms with Crippen molar-refractivity contribution in [3.8, 4) is 0 Å². The second-order valence-electron chi connectivity index (χ2n) is 7.78. The molecule has 2 atom stereocenters. The van der Waals surface area contributed by atoms with Gasteiger partial charge in [0.2, 0.25) is 11.9 Å². The number of aromatic nitrogens is 3. The van der Waals surface area contributed by atoms with Crippen LogP contribution in [0.4, 0.5) is 5.95 Å². The summed E-state index contributed by atoms with van der Waals surface area (Å²) >= 11 is 0. The third-order valence-electron chi connectivity index (χ3n) is 5.62. The number of aliphatic hydroxyl groups is 1. The van der Waals surface area contributed by atoms with Crippen molar-refractivity contribution >= 4 is 22.9 Å². The van der Waals surface area contributed by atoms with Crippen molar-refractivity contribution in [2.75, 3.05) is 18.1 Å². The van der Waals surface area contributed by atoms with Gasteiger partial charge in [0.1, 0.15) is 11.7 Å². The second-order valence-corrected chi connectivity index (χ2v) is 7.78. The van der Waals surface area contributed by atoms with Gasteiger partial charge in [0.25, 0.3) is 5.56 Å². The molecule has 0 aliphatic carbocycles. The van der Waals surface area contributed by atoms with Crippen LogP contribution in [0.5, 0.6) is 0 Å². The van der Waals surface area contributed by atoms with E-state index < -0.39 is 11.9 Å². The van der Waals surface area contributed by atoms with Crippen molar-refractivity contribution in [3.63, 3.8) is 0 Å². The first kappa shape index (κ1) is 22.4. The number of aryl methyl sites for hydroxylation is 2. The van der Waals surface area contributed by atoms with E-state index in [-0.39, 0.29) is 18.2 Å². The summed E-state index contributed by atoms with van der Waals surface area (Å²) in [5.41, 5.74) is 8.09. The minimum Gasteiger partial charge on any atom is -0.396 e. The number of hydrogen-bond acceptors (Lipinski definition) is 6. The molecule has 1 amide bonds. The van der Waals surface area contributed by atoms with Crippen molar-refractivity contribution in [2.24, 2.45) is 5.73 Å². The van der Waals surface area contributed by atoms with E-state index in [1.165, 1.54) is 10.6 Å². The van der Waals surface area contributed by atoms with Crippen molar-refractivity contribution in [3.05, 3.63) is 63.6 Å². The molecule has 164 valence electrons. The summed E-state index contributed by atoms with van der Waals surface area (Å²) in [6.45, 7) is 7.89. The third kappa shape index (κ3) is 4.44. The molecule has 2 heterocycles. The van der Waals surface area contributed by atoms with Gasteiger partial charge < -0.3 is 15.7 Å². The monoisotopic (exact) mass is 423 g/mol. The van der Waals surface area contributed by atoms with Gasteiger partial charge in [0.05, 0.1) is 11.7 Å². The molecule has 0 radical (unpaired) electrons. The molecule has 8 heteroatoms. The van der Waals surface area contributed by atoms with E-state index in [9.17, 15) is 14.7 Å². The first-order valence-corrected chi connectivity index (χ1v) is 10.4. The second kappa shape index (κ2) is 9.26. The van der Waals surface area contributed by atoms with Crippen LogP contribution in [-0.2, 0) is 4.79 Å².